The van der Waals surface area contributed by atoms with Gasteiger partial charge in [-0.2, -0.15) is 0 Å². The molecule has 1 rings (SSSR count). The monoisotopic (exact) mass is 226 g/mol. The molecule has 0 aromatic carbocycles. The van der Waals surface area contributed by atoms with Crippen LogP contribution in [0.2, 0.25) is 0 Å². The van der Waals surface area contributed by atoms with E-state index in [9.17, 15) is 4.79 Å². The third kappa shape index (κ3) is 4.01. The highest BCUT2D eigenvalue weighted by Crippen LogP contribution is 2.21. The van der Waals surface area contributed by atoms with Crippen LogP contribution in [0.4, 0.5) is 0 Å². The lowest BCUT2D eigenvalue weighted by Crippen LogP contribution is -2.35. The van der Waals surface area contributed by atoms with E-state index in [0.29, 0.717) is 6.54 Å². The van der Waals surface area contributed by atoms with E-state index >= 15 is 0 Å². The molecule has 0 radical (unpaired) electrons. The summed E-state index contributed by atoms with van der Waals surface area (Å²) in [5.74, 6) is 0.0513. The number of hydrogen-bond donors (Lipinski definition) is 2. The molecule has 1 aromatic rings. The number of rotatable bonds is 5. The van der Waals surface area contributed by atoms with Crippen LogP contribution in [0.5, 0.6) is 0 Å². The van der Waals surface area contributed by atoms with E-state index in [-0.39, 0.29) is 11.9 Å². The van der Waals surface area contributed by atoms with E-state index in [1.54, 1.807) is 11.3 Å². The van der Waals surface area contributed by atoms with Crippen molar-refractivity contribution < 1.29 is 4.79 Å². The summed E-state index contributed by atoms with van der Waals surface area (Å²) >= 11 is 1.73. The number of likely N-dealkylation sites (N-methyl/N-ethyl adjacent to an activating group) is 1. The van der Waals surface area contributed by atoms with E-state index < -0.39 is 0 Å². The quantitative estimate of drug-likeness (QED) is 0.804. The molecule has 1 heterocycles. The van der Waals surface area contributed by atoms with Gasteiger partial charge < -0.3 is 10.6 Å². The van der Waals surface area contributed by atoms with Gasteiger partial charge in [-0.3, -0.25) is 4.79 Å². The Morgan fingerprint density at radius 1 is 1.53 bits per heavy atom. The molecule has 1 amide bonds. The van der Waals surface area contributed by atoms with E-state index in [0.717, 1.165) is 6.54 Å². The van der Waals surface area contributed by atoms with Gasteiger partial charge in [-0.1, -0.05) is 6.92 Å². The lowest BCUT2D eigenvalue weighted by atomic mass is 10.2. The molecule has 0 aliphatic rings. The maximum absolute atomic E-state index is 11.4. The Balaban J connectivity index is 2.41. The molecule has 0 fully saturated rings. The van der Waals surface area contributed by atoms with Crippen LogP contribution >= 0.6 is 11.3 Å². The van der Waals surface area contributed by atoms with Gasteiger partial charge in [-0.15, -0.1) is 11.3 Å². The van der Waals surface area contributed by atoms with Crippen molar-refractivity contribution in [3.05, 3.63) is 21.9 Å². The van der Waals surface area contributed by atoms with Gasteiger partial charge in [0.05, 0.1) is 12.6 Å². The Morgan fingerprint density at radius 3 is 2.80 bits per heavy atom. The Hall–Kier alpha value is -0.870. The van der Waals surface area contributed by atoms with Crippen LogP contribution < -0.4 is 10.6 Å². The summed E-state index contributed by atoms with van der Waals surface area (Å²) in [4.78, 5) is 13.9. The highest BCUT2D eigenvalue weighted by Gasteiger charge is 2.10. The predicted octanol–water partition coefficient (Wildman–Crippen LogP) is 1.84. The average Bonchev–Trinajstić information content (AvgIpc) is 2.61. The number of thiophene rings is 1. The summed E-state index contributed by atoms with van der Waals surface area (Å²) in [6.45, 7) is 7.28. The smallest absolute Gasteiger partial charge is 0.234 e. The Morgan fingerprint density at radius 2 is 2.27 bits per heavy atom. The van der Waals surface area contributed by atoms with Gasteiger partial charge in [-0.25, -0.2) is 0 Å². The lowest BCUT2D eigenvalue weighted by molar-refractivity contribution is -0.120. The summed E-state index contributed by atoms with van der Waals surface area (Å²) in [5.41, 5.74) is 0. The van der Waals surface area contributed by atoms with Crippen molar-refractivity contribution in [1.82, 2.24) is 10.6 Å². The molecular weight excluding hydrogens is 208 g/mol. The standard InChI is InChI=1S/C11H18N2OS/c1-4-12-7-11(14)13-9(3)10-6-5-8(2)15-10/h5-6,9,12H,4,7H2,1-3H3,(H,13,14). The van der Waals surface area contributed by atoms with Gasteiger partial charge in [-0.05, 0) is 32.5 Å². The van der Waals surface area contributed by atoms with Crippen molar-refractivity contribution in [2.24, 2.45) is 0 Å². The largest absolute Gasteiger partial charge is 0.348 e. The molecule has 1 atom stereocenters. The second-order valence-corrected chi connectivity index (χ2v) is 4.84. The highest BCUT2D eigenvalue weighted by molar-refractivity contribution is 7.12. The molecular formula is C11H18N2OS. The minimum absolute atomic E-state index is 0.0513. The summed E-state index contributed by atoms with van der Waals surface area (Å²) in [6, 6.07) is 4.25. The van der Waals surface area contributed by atoms with Crippen LogP contribution in [0.25, 0.3) is 0 Å². The summed E-state index contributed by atoms with van der Waals surface area (Å²) < 4.78 is 0. The minimum Gasteiger partial charge on any atom is -0.348 e. The first-order chi connectivity index (χ1) is 7.13. The van der Waals surface area contributed by atoms with Gasteiger partial charge in [0, 0.05) is 9.75 Å². The molecule has 3 nitrogen and oxygen atoms in total. The molecule has 1 unspecified atom stereocenters. The van der Waals surface area contributed by atoms with Gasteiger partial charge in [0.2, 0.25) is 5.91 Å². The summed E-state index contributed by atoms with van der Waals surface area (Å²) in [6.07, 6.45) is 0. The van der Waals surface area contributed by atoms with Crippen molar-refractivity contribution in [1.29, 1.82) is 0 Å². The number of carbonyl (C=O) groups excluding carboxylic acids is 1. The lowest BCUT2D eigenvalue weighted by Gasteiger charge is -2.12. The van der Waals surface area contributed by atoms with Crippen molar-refractivity contribution in [3.63, 3.8) is 0 Å². The molecule has 0 spiro atoms. The first-order valence-electron chi connectivity index (χ1n) is 5.20. The molecule has 0 saturated carbocycles. The second kappa shape index (κ2) is 5.88. The van der Waals surface area contributed by atoms with E-state index in [4.69, 9.17) is 0 Å². The molecule has 0 aliphatic carbocycles. The molecule has 0 bridgehead atoms. The zero-order valence-electron chi connectivity index (χ0n) is 9.46. The van der Waals surface area contributed by atoms with Gasteiger partial charge in [0.1, 0.15) is 0 Å². The second-order valence-electron chi connectivity index (χ2n) is 3.52. The van der Waals surface area contributed by atoms with Crippen molar-refractivity contribution in [3.8, 4) is 0 Å². The molecule has 15 heavy (non-hydrogen) atoms. The number of aryl methyl sites for hydroxylation is 1. The predicted molar refractivity (Wildman–Crippen MR) is 64.2 cm³/mol. The van der Waals surface area contributed by atoms with E-state index in [1.807, 2.05) is 13.8 Å². The summed E-state index contributed by atoms with van der Waals surface area (Å²) in [5, 5.41) is 5.95. The van der Waals surface area contributed by atoms with Gasteiger partial charge in [0.15, 0.2) is 0 Å². The Bertz CT molecular complexity index is 322. The molecule has 0 aliphatic heterocycles. The molecule has 1 aromatic heterocycles. The fourth-order valence-corrected chi connectivity index (χ4v) is 2.17. The number of carbonyl (C=O) groups is 1. The van der Waals surface area contributed by atoms with Gasteiger partial charge >= 0.3 is 0 Å². The van der Waals surface area contributed by atoms with Crippen LogP contribution in [0.15, 0.2) is 12.1 Å². The third-order valence-corrected chi connectivity index (χ3v) is 3.28. The fraction of sp³-hybridized carbons (Fsp3) is 0.545. The number of nitrogens with one attached hydrogen (secondary N) is 2. The van der Waals surface area contributed by atoms with Gasteiger partial charge in [0.25, 0.3) is 0 Å². The SMILES string of the molecule is CCNCC(=O)NC(C)c1ccc(C)s1. The topological polar surface area (TPSA) is 41.1 Å². The normalized spacial score (nSPS) is 12.5. The van der Waals surface area contributed by atoms with Crippen LogP contribution in [0, 0.1) is 6.92 Å². The first kappa shape index (κ1) is 12.2. The minimum atomic E-state index is 0.0513. The van der Waals surface area contributed by atoms with Crippen LogP contribution in [0.3, 0.4) is 0 Å². The first-order valence-corrected chi connectivity index (χ1v) is 6.01. The van der Waals surface area contributed by atoms with E-state index in [1.165, 1.54) is 9.75 Å². The maximum atomic E-state index is 11.4. The molecule has 2 N–H and O–H groups in total. The van der Waals surface area contributed by atoms with Crippen LogP contribution in [0.1, 0.15) is 29.6 Å². The maximum Gasteiger partial charge on any atom is 0.234 e. The molecule has 4 heteroatoms. The zero-order valence-corrected chi connectivity index (χ0v) is 10.3. The highest BCUT2D eigenvalue weighted by atomic mass is 32.1. The molecule has 84 valence electrons. The summed E-state index contributed by atoms with van der Waals surface area (Å²) in [7, 11) is 0. The number of hydrogen-bond acceptors (Lipinski definition) is 3. The number of amides is 1. The Kier molecular flexibility index (Phi) is 4.78. The van der Waals surface area contributed by atoms with E-state index in [2.05, 4.69) is 29.7 Å². The average molecular weight is 226 g/mol. The van der Waals surface area contributed by atoms with Crippen molar-refractivity contribution in [2.45, 2.75) is 26.8 Å². The van der Waals surface area contributed by atoms with Crippen molar-refractivity contribution in [2.75, 3.05) is 13.1 Å². The van der Waals surface area contributed by atoms with Crippen molar-refractivity contribution >= 4 is 17.2 Å². The molecule has 0 saturated heterocycles. The Labute approximate surface area is 94.9 Å². The fourth-order valence-electron chi connectivity index (χ4n) is 1.29. The van der Waals surface area contributed by atoms with Crippen LogP contribution in [-0.2, 0) is 4.79 Å². The third-order valence-electron chi connectivity index (χ3n) is 2.10. The van der Waals surface area contributed by atoms with Crippen LogP contribution in [-0.4, -0.2) is 19.0 Å². The zero-order chi connectivity index (χ0) is 11.3.